The first-order chi connectivity index (χ1) is 8.61. The van der Waals surface area contributed by atoms with Crippen molar-refractivity contribution in [1.29, 1.82) is 0 Å². The van der Waals surface area contributed by atoms with Gasteiger partial charge in [-0.15, -0.1) is 0 Å². The molecule has 2 atom stereocenters. The third-order valence-corrected chi connectivity index (χ3v) is 4.08. The smallest absolute Gasteiger partial charge is 0.0641 e. The van der Waals surface area contributed by atoms with E-state index in [-0.39, 0.29) is 0 Å². The van der Waals surface area contributed by atoms with E-state index in [4.69, 9.17) is 0 Å². The fraction of sp³-hybridized carbons (Fsp3) is 0.786. The second kappa shape index (κ2) is 5.85. The van der Waals surface area contributed by atoms with Crippen molar-refractivity contribution in [1.82, 2.24) is 20.0 Å². The lowest BCUT2D eigenvalue weighted by Crippen LogP contribution is -2.38. The van der Waals surface area contributed by atoms with E-state index in [9.17, 15) is 0 Å². The second-order valence-corrected chi connectivity index (χ2v) is 5.40. The number of nitrogens with zero attached hydrogens (tertiary/aromatic N) is 3. The number of likely N-dealkylation sites (tertiary alicyclic amines) is 1. The van der Waals surface area contributed by atoms with Crippen molar-refractivity contribution in [3.05, 3.63) is 17.5 Å². The molecule has 1 aliphatic rings. The zero-order valence-corrected chi connectivity index (χ0v) is 12.1. The van der Waals surface area contributed by atoms with Gasteiger partial charge in [0.2, 0.25) is 0 Å². The van der Waals surface area contributed by atoms with Crippen molar-refractivity contribution >= 4 is 0 Å². The number of nitrogens with one attached hydrogen (secondary N) is 1. The van der Waals surface area contributed by atoms with E-state index in [0.29, 0.717) is 6.04 Å². The van der Waals surface area contributed by atoms with Crippen molar-refractivity contribution in [2.75, 3.05) is 19.6 Å². The van der Waals surface area contributed by atoms with E-state index >= 15 is 0 Å². The molecule has 4 heteroatoms. The maximum absolute atomic E-state index is 4.41. The Balaban J connectivity index is 1.88. The van der Waals surface area contributed by atoms with Gasteiger partial charge in [-0.3, -0.25) is 9.58 Å². The molecule has 1 aliphatic heterocycles. The van der Waals surface area contributed by atoms with Gasteiger partial charge < -0.3 is 5.32 Å². The number of hydrogen-bond acceptors (Lipinski definition) is 3. The lowest BCUT2D eigenvalue weighted by molar-refractivity contribution is 0.255. The summed E-state index contributed by atoms with van der Waals surface area (Å²) in [7, 11) is 1.99. The van der Waals surface area contributed by atoms with Crippen LogP contribution in [-0.2, 0) is 7.05 Å². The molecule has 102 valence electrons. The highest BCUT2D eigenvalue weighted by Crippen LogP contribution is 2.19. The SMILES string of the molecule is CCN1CCCC1CNC(C)c1cn(C)nc1C. The van der Waals surface area contributed by atoms with Crippen LogP contribution < -0.4 is 5.32 Å². The molecule has 0 aromatic carbocycles. The van der Waals surface area contributed by atoms with Gasteiger partial charge in [-0.25, -0.2) is 0 Å². The van der Waals surface area contributed by atoms with Crippen LogP contribution in [0.2, 0.25) is 0 Å². The molecule has 0 amide bonds. The van der Waals surface area contributed by atoms with Crippen molar-refractivity contribution in [2.24, 2.45) is 7.05 Å². The molecule has 4 nitrogen and oxygen atoms in total. The zero-order chi connectivity index (χ0) is 13.1. The predicted molar refractivity (Wildman–Crippen MR) is 74.6 cm³/mol. The van der Waals surface area contributed by atoms with Gasteiger partial charge in [0, 0.05) is 37.4 Å². The Morgan fingerprint density at radius 3 is 2.94 bits per heavy atom. The molecule has 2 rings (SSSR count). The Bertz CT molecular complexity index is 385. The maximum atomic E-state index is 4.41. The minimum atomic E-state index is 0.387. The summed E-state index contributed by atoms with van der Waals surface area (Å²) >= 11 is 0. The maximum Gasteiger partial charge on any atom is 0.0641 e. The number of aromatic nitrogens is 2. The van der Waals surface area contributed by atoms with E-state index in [1.54, 1.807) is 0 Å². The van der Waals surface area contributed by atoms with Crippen LogP contribution in [0.3, 0.4) is 0 Å². The van der Waals surface area contributed by atoms with Crippen LogP contribution in [-0.4, -0.2) is 40.4 Å². The number of likely N-dealkylation sites (N-methyl/N-ethyl adjacent to an activating group) is 1. The molecule has 1 aromatic heterocycles. The summed E-state index contributed by atoms with van der Waals surface area (Å²) in [6, 6.07) is 1.10. The van der Waals surface area contributed by atoms with E-state index < -0.39 is 0 Å². The van der Waals surface area contributed by atoms with Gasteiger partial charge in [-0.05, 0) is 39.8 Å². The molecule has 2 unspecified atom stereocenters. The Kier molecular flexibility index (Phi) is 4.40. The highest BCUT2D eigenvalue weighted by molar-refractivity contribution is 5.19. The van der Waals surface area contributed by atoms with E-state index in [1.807, 2.05) is 11.7 Å². The number of aryl methyl sites for hydroxylation is 2. The summed E-state index contributed by atoms with van der Waals surface area (Å²) in [5.41, 5.74) is 2.45. The minimum absolute atomic E-state index is 0.387. The van der Waals surface area contributed by atoms with Crippen molar-refractivity contribution in [3.8, 4) is 0 Å². The quantitative estimate of drug-likeness (QED) is 0.866. The first-order valence-electron chi connectivity index (χ1n) is 7.09. The normalized spacial score (nSPS) is 22.6. The van der Waals surface area contributed by atoms with Gasteiger partial charge in [0.1, 0.15) is 0 Å². The van der Waals surface area contributed by atoms with Crippen molar-refractivity contribution in [2.45, 2.75) is 45.7 Å². The lowest BCUT2D eigenvalue weighted by atomic mass is 10.1. The summed E-state index contributed by atoms with van der Waals surface area (Å²) < 4.78 is 1.90. The van der Waals surface area contributed by atoms with E-state index in [1.165, 1.54) is 31.5 Å². The standard InChI is InChI=1S/C14H26N4/c1-5-18-8-6-7-13(18)9-15-11(2)14-10-17(4)16-12(14)3/h10-11,13,15H,5-9H2,1-4H3. The average Bonchev–Trinajstić information content (AvgIpc) is 2.92. The molecular formula is C14H26N4. The van der Waals surface area contributed by atoms with Crippen LogP contribution in [0.15, 0.2) is 6.20 Å². The Hall–Kier alpha value is -0.870. The third-order valence-electron chi connectivity index (χ3n) is 4.08. The van der Waals surface area contributed by atoms with Gasteiger partial charge >= 0.3 is 0 Å². The van der Waals surface area contributed by atoms with Crippen molar-refractivity contribution in [3.63, 3.8) is 0 Å². The van der Waals surface area contributed by atoms with Gasteiger partial charge in [0.25, 0.3) is 0 Å². The van der Waals surface area contributed by atoms with Crippen LogP contribution in [0.1, 0.15) is 44.0 Å². The minimum Gasteiger partial charge on any atom is -0.309 e. The van der Waals surface area contributed by atoms with Crippen LogP contribution in [0.25, 0.3) is 0 Å². The fourth-order valence-corrected chi connectivity index (χ4v) is 3.01. The highest BCUT2D eigenvalue weighted by Gasteiger charge is 2.23. The molecule has 0 aliphatic carbocycles. The number of rotatable bonds is 5. The molecule has 0 radical (unpaired) electrons. The van der Waals surface area contributed by atoms with Gasteiger partial charge in [0.05, 0.1) is 5.69 Å². The lowest BCUT2D eigenvalue weighted by Gasteiger charge is -2.24. The van der Waals surface area contributed by atoms with Crippen LogP contribution >= 0.6 is 0 Å². The largest absolute Gasteiger partial charge is 0.309 e. The van der Waals surface area contributed by atoms with Crippen molar-refractivity contribution < 1.29 is 0 Å². The molecule has 1 N–H and O–H groups in total. The summed E-state index contributed by atoms with van der Waals surface area (Å²) in [5, 5.41) is 8.07. The van der Waals surface area contributed by atoms with Gasteiger partial charge in [0.15, 0.2) is 0 Å². The monoisotopic (exact) mass is 250 g/mol. The number of hydrogen-bond donors (Lipinski definition) is 1. The summed E-state index contributed by atoms with van der Waals surface area (Å²) in [4.78, 5) is 2.58. The molecule has 0 saturated carbocycles. The molecule has 1 aromatic rings. The van der Waals surface area contributed by atoms with Crippen LogP contribution in [0.4, 0.5) is 0 Å². The molecule has 1 fully saturated rings. The average molecular weight is 250 g/mol. The van der Waals surface area contributed by atoms with Crippen LogP contribution in [0.5, 0.6) is 0 Å². The molecule has 1 saturated heterocycles. The summed E-state index contributed by atoms with van der Waals surface area (Å²) in [6.45, 7) is 10.1. The Labute approximate surface area is 110 Å². The van der Waals surface area contributed by atoms with Gasteiger partial charge in [-0.1, -0.05) is 6.92 Å². The highest BCUT2D eigenvalue weighted by atomic mass is 15.3. The third kappa shape index (κ3) is 2.93. The second-order valence-electron chi connectivity index (χ2n) is 5.40. The first-order valence-corrected chi connectivity index (χ1v) is 7.09. The topological polar surface area (TPSA) is 33.1 Å². The predicted octanol–water partition coefficient (Wildman–Crippen LogP) is 1.86. The van der Waals surface area contributed by atoms with E-state index in [2.05, 4.69) is 42.3 Å². The summed E-state index contributed by atoms with van der Waals surface area (Å²) in [5.74, 6) is 0. The molecule has 18 heavy (non-hydrogen) atoms. The molecule has 0 bridgehead atoms. The van der Waals surface area contributed by atoms with E-state index in [0.717, 1.165) is 18.3 Å². The fourth-order valence-electron chi connectivity index (χ4n) is 3.01. The first kappa shape index (κ1) is 13.6. The Morgan fingerprint density at radius 1 is 1.56 bits per heavy atom. The summed E-state index contributed by atoms with van der Waals surface area (Å²) in [6.07, 6.45) is 4.80. The zero-order valence-electron chi connectivity index (χ0n) is 12.1. The van der Waals surface area contributed by atoms with Gasteiger partial charge in [-0.2, -0.15) is 5.10 Å². The molecule has 2 heterocycles. The molecule has 0 spiro atoms. The Morgan fingerprint density at radius 2 is 2.33 bits per heavy atom. The molecular weight excluding hydrogens is 224 g/mol. The van der Waals surface area contributed by atoms with Crippen LogP contribution in [0, 0.1) is 6.92 Å².